The van der Waals surface area contributed by atoms with Gasteiger partial charge in [-0.1, -0.05) is 39.3 Å². The highest BCUT2D eigenvalue weighted by Gasteiger charge is 2.12. The standard InChI is InChI=1S/C16H21NO3/c1-4-5-9-19-16-17-13-8-6-7-12(10-11(2)3)14(13)15(18)20-16/h6-8,11H,4-5,9-10H2,1-3H3. The number of hydrogen-bond donors (Lipinski definition) is 0. The van der Waals surface area contributed by atoms with E-state index in [1.807, 2.05) is 18.2 Å². The van der Waals surface area contributed by atoms with Gasteiger partial charge in [0.15, 0.2) is 0 Å². The predicted octanol–water partition coefficient (Wildman–Crippen LogP) is 3.57. The maximum absolute atomic E-state index is 12.1. The van der Waals surface area contributed by atoms with Gasteiger partial charge < -0.3 is 9.15 Å². The van der Waals surface area contributed by atoms with Crippen molar-refractivity contribution >= 4 is 10.9 Å². The van der Waals surface area contributed by atoms with Crippen molar-refractivity contribution in [2.45, 2.75) is 40.0 Å². The summed E-state index contributed by atoms with van der Waals surface area (Å²) in [6.45, 7) is 6.83. The molecular weight excluding hydrogens is 254 g/mol. The molecule has 1 aromatic carbocycles. The summed E-state index contributed by atoms with van der Waals surface area (Å²) in [5.41, 5.74) is 1.27. The summed E-state index contributed by atoms with van der Waals surface area (Å²) >= 11 is 0. The Morgan fingerprint density at radius 3 is 2.85 bits per heavy atom. The molecule has 4 heteroatoms. The Kier molecular flexibility index (Phi) is 4.77. The summed E-state index contributed by atoms with van der Waals surface area (Å²) in [5.74, 6) is 0.473. The zero-order valence-electron chi connectivity index (χ0n) is 12.3. The van der Waals surface area contributed by atoms with Gasteiger partial charge >= 0.3 is 11.7 Å². The second-order valence-corrected chi connectivity index (χ2v) is 5.38. The molecule has 0 aliphatic heterocycles. The molecule has 1 aromatic heterocycles. The average molecular weight is 275 g/mol. The molecule has 2 rings (SSSR count). The van der Waals surface area contributed by atoms with Crippen molar-refractivity contribution in [2.24, 2.45) is 5.92 Å². The Labute approximate surface area is 118 Å². The van der Waals surface area contributed by atoms with E-state index in [0.29, 0.717) is 23.4 Å². The number of benzene rings is 1. The Morgan fingerprint density at radius 2 is 2.15 bits per heavy atom. The van der Waals surface area contributed by atoms with E-state index >= 15 is 0 Å². The Balaban J connectivity index is 2.38. The molecule has 0 fully saturated rings. The van der Waals surface area contributed by atoms with Crippen molar-refractivity contribution in [3.05, 3.63) is 34.2 Å². The van der Waals surface area contributed by atoms with Crippen LogP contribution in [0.2, 0.25) is 0 Å². The van der Waals surface area contributed by atoms with Crippen molar-refractivity contribution in [3.63, 3.8) is 0 Å². The minimum absolute atomic E-state index is 0.0673. The first kappa shape index (κ1) is 14.6. The first-order valence-corrected chi connectivity index (χ1v) is 7.17. The van der Waals surface area contributed by atoms with Crippen LogP contribution < -0.4 is 10.4 Å². The van der Waals surface area contributed by atoms with Crippen LogP contribution in [0.25, 0.3) is 10.9 Å². The summed E-state index contributed by atoms with van der Waals surface area (Å²) in [4.78, 5) is 16.4. The van der Waals surface area contributed by atoms with Gasteiger partial charge in [0.1, 0.15) is 0 Å². The third kappa shape index (κ3) is 3.38. The van der Waals surface area contributed by atoms with E-state index in [0.717, 1.165) is 24.8 Å². The van der Waals surface area contributed by atoms with E-state index in [2.05, 4.69) is 25.8 Å². The van der Waals surface area contributed by atoms with Gasteiger partial charge in [0.05, 0.1) is 17.5 Å². The maximum Gasteiger partial charge on any atom is 0.397 e. The number of rotatable bonds is 6. The lowest BCUT2D eigenvalue weighted by molar-refractivity contribution is 0.213. The molecule has 2 aromatic rings. The van der Waals surface area contributed by atoms with Crippen LogP contribution in [0.3, 0.4) is 0 Å². The molecule has 1 heterocycles. The first-order valence-electron chi connectivity index (χ1n) is 7.17. The number of nitrogens with zero attached hydrogens (tertiary/aromatic N) is 1. The Morgan fingerprint density at radius 1 is 1.35 bits per heavy atom. The maximum atomic E-state index is 12.1. The molecule has 0 saturated heterocycles. The van der Waals surface area contributed by atoms with Gasteiger partial charge in [-0.15, -0.1) is 0 Å². The smallest absolute Gasteiger partial charge is 0.397 e. The molecule has 0 saturated carbocycles. The molecule has 0 spiro atoms. The van der Waals surface area contributed by atoms with Crippen LogP contribution in [0.5, 0.6) is 6.08 Å². The minimum atomic E-state index is -0.363. The molecule has 0 radical (unpaired) electrons. The van der Waals surface area contributed by atoms with Gasteiger partial charge in [-0.3, -0.25) is 0 Å². The normalized spacial score (nSPS) is 11.2. The fraction of sp³-hybridized carbons (Fsp3) is 0.500. The van der Waals surface area contributed by atoms with E-state index in [1.165, 1.54) is 0 Å². The van der Waals surface area contributed by atoms with Gasteiger partial charge in [-0.25, -0.2) is 4.79 Å². The molecule has 0 amide bonds. The number of fused-ring (bicyclic) bond motifs is 1. The van der Waals surface area contributed by atoms with Crippen LogP contribution in [0.1, 0.15) is 39.2 Å². The van der Waals surface area contributed by atoms with Gasteiger partial charge in [-0.2, -0.15) is 4.98 Å². The monoisotopic (exact) mass is 275 g/mol. The van der Waals surface area contributed by atoms with Gasteiger partial charge in [0.2, 0.25) is 0 Å². The SMILES string of the molecule is CCCCOc1nc2cccc(CC(C)C)c2c(=O)o1. The first-order chi connectivity index (χ1) is 9.61. The van der Waals surface area contributed by atoms with Crippen LogP contribution in [0, 0.1) is 5.92 Å². The fourth-order valence-corrected chi connectivity index (χ4v) is 2.14. The van der Waals surface area contributed by atoms with Crippen molar-refractivity contribution in [3.8, 4) is 6.08 Å². The van der Waals surface area contributed by atoms with Crippen molar-refractivity contribution in [1.29, 1.82) is 0 Å². The van der Waals surface area contributed by atoms with Crippen LogP contribution in [-0.4, -0.2) is 11.6 Å². The largest absolute Gasteiger partial charge is 0.450 e. The molecule has 0 aliphatic rings. The van der Waals surface area contributed by atoms with Crippen molar-refractivity contribution in [2.75, 3.05) is 6.61 Å². The van der Waals surface area contributed by atoms with Crippen LogP contribution in [-0.2, 0) is 6.42 Å². The number of hydrogen-bond acceptors (Lipinski definition) is 4. The third-order valence-corrected chi connectivity index (χ3v) is 3.08. The molecule has 20 heavy (non-hydrogen) atoms. The number of ether oxygens (including phenoxy) is 1. The summed E-state index contributed by atoms with van der Waals surface area (Å²) in [6.07, 6.45) is 2.84. The summed E-state index contributed by atoms with van der Waals surface area (Å²) in [5, 5.41) is 0.573. The van der Waals surface area contributed by atoms with E-state index in [9.17, 15) is 4.79 Å². The third-order valence-electron chi connectivity index (χ3n) is 3.08. The highest BCUT2D eigenvalue weighted by atomic mass is 16.6. The molecular formula is C16H21NO3. The molecule has 0 bridgehead atoms. The zero-order chi connectivity index (χ0) is 14.5. The van der Waals surface area contributed by atoms with Crippen LogP contribution in [0.15, 0.2) is 27.4 Å². The topological polar surface area (TPSA) is 52.3 Å². The highest BCUT2D eigenvalue weighted by molar-refractivity contribution is 5.81. The zero-order valence-corrected chi connectivity index (χ0v) is 12.3. The van der Waals surface area contributed by atoms with Crippen molar-refractivity contribution in [1.82, 2.24) is 4.98 Å². The Bertz CT molecular complexity index is 631. The summed E-state index contributed by atoms with van der Waals surface area (Å²) < 4.78 is 10.5. The highest BCUT2D eigenvalue weighted by Crippen LogP contribution is 2.19. The second-order valence-electron chi connectivity index (χ2n) is 5.38. The lowest BCUT2D eigenvalue weighted by Gasteiger charge is -2.08. The van der Waals surface area contributed by atoms with E-state index in [4.69, 9.17) is 9.15 Å². The molecule has 0 N–H and O–H groups in total. The fourth-order valence-electron chi connectivity index (χ4n) is 2.14. The molecule has 0 unspecified atom stereocenters. The van der Waals surface area contributed by atoms with E-state index in [-0.39, 0.29) is 11.7 Å². The van der Waals surface area contributed by atoms with Gasteiger partial charge in [-0.05, 0) is 30.4 Å². The number of unbranched alkanes of at least 4 members (excludes halogenated alkanes) is 1. The van der Waals surface area contributed by atoms with Gasteiger partial charge in [0.25, 0.3) is 0 Å². The van der Waals surface area contributed by atoms with E-state index < -0.39 is 0 Å². The minimum Gasteiger partial charge on any atom is -0.450 e. The average Bonchev–Trinajstić information content (AvgIpc) is 2.38. The van der Waals surface area contributed by atoms with E-state index in [1.54, 1.807) is 0 Å². The van der Waals surface area contributed by atoms with Crippen LogP contribution >= 0.6 is 0 Å². The van der Waals surface area contributed by atoms with Crippen LogP contribution in [0.4, 0.5) is 0 Å². The lowest BCUT2D eigenvalue weighted by Crippen LogP contribution is -2.09. The summed E-state index contributed by atoms with van der Waals surface area (Å²) in [6, 6.07) is 5.70. The molecule has 4 nitrogen and oxygen atoms in total. The molecule has 0 atom stereocenters. The quantitative estimate of drug-likeness (QED) is 0.756. The van der Waals surface area contributed by atoms with Gasteiger partial charge in [0, 0.05) is 0 Å². The number of aromatic nitrogens is 1. The predicted molar refractivity (Wildman–Crippen MR) is 79.2 cm³/mol. The molecule has 0 aliphatic carbocycles. The molecule has 108 valence electrons. The Hall–Kier alpha value is -1.84. The summed E-state index contributed by atoms with van der Waals surface area (Å²) in [7, 11) is 0. The second kappa shape index (κ2) is 6.55. The van der Waals surface area contributed by atoms with Crippen molar-refractivity contribution < 1.29 is 9.15 Å². The lowest BCUT2D eigenvalue weighted by atomic mass is 10.00.